The fourth-order valence-electron chi connectivity index (χ4n) is 0.155. The van der Waals surface area contributed by atoms with Crippen molar-refractivity contribution in [2.24, 2.45) is 5.73 Å². The quantitative estimate of drug-likeness (QED) is 0.353. The summed E-state index contributed by atoms with van der Waals surface area (Å²) in [6.07, 6.45) is -0.961. The second-order valence-corrected chi connectivity index (χ2v) is 1.36. The molecule has 7 heteroatoms. The molecule has 0 radical (unpaired) electrons. The van der Waals surface area contributed by atoms with Crippen LogP contribution in [0.15, 0.2) is 0 Å². The van der Waals surface area contributed by atoms with Crippen molar-refractivity contribution in [3.63, 3.8) is 0 Å². The zero-order valence-corrected chi connectivity index (χ0v) is 6.52. The molecule has 0 aliphatic rings. The van der Waals surface area contributed by atoms with Gasteiger partial charge in [-0.25, -0.2) is 4.79 Å². The van der Waals surface area contributed by atoms with Crippen molar-refractivity contribution >= 4 is 12.1 Å². The summed E-state index contributed by atoms with van der Waals surface area (Å²) in [5.74, 6) is -0.461. The van der Waals surface area contributed by atoms with Crippen LogP contribution >= 0.6 is 0 Å². The molecule has 0 fully saturated rings. The number of aliphatic hydroxyl groups excluding tert-OH is 2. The summed E-state index contributed by atoms with van der Waals surface area (Å²) in [6.45, 7) is 0.0703. The molecule has 72 valence electrons. The van der Waals surface area contributed by atoms with Gasteiger partial charge in [0, 0.05) is 6.92 Å². The number of rotatable bonds is 2. The van der Waals surface area contributed by atoms with E-state index in [-0.39, 0.29) is 0 Å². The highest BCUT2D eigenvalue weighted by atomic mass is 16.6. The van der Waals surface area contributed by atoms with Crippen molar-refractivity contribution in [1.82, 2.24) is 0 Å². The maximum absolute atomic E-state index is 9.66. The summed E-state index contributed by atoms with van der Waals surface area (Å²) in [5.41, 5.74) is 4.38. The van der Waals surface area contributed by atoms with E-state index in [1.54, 1.807) is 0 Å². The number of carbonyl (C=O) groups is 2. The van der Waals surface area contributed by atoms with Crippen LogP contribution in [0.3, 0.4) is 0 Å². The summed E-state index contributed by atoms with van der Waals surface area (Å²) >= 11 is 0. The lowest BCUT2D eigenvalue weighted by molar-refractivity contribution is -0.148. The monoisotopic (exact) mass is 181 g/mol. The lowest BCUT2D eigenvalue weighted by Gasteiger charge is -1.88. The van der Waals surface area contributed by atoms with Crippen LogP contribution in [-0.4, -0.2) is 35.9 Å². The van der Waals surface area contributed by atoms with Gasteiger partial charge in [0.2, 0.25) is 0 Å². The fraction of sp³-hybridized carbons (Fsp3) is 0.600. The number of primary amides is 1. The first-order valence-corrected chi connectivity index (χ1v) is 2.81. The second-order valence-electron chi connectivity index (χ2n) is 1.36. The number of nitrogens with two attached hydrogens (primary N) is 1. The van der Waals surface area contributed by atoms with Crippen molar-refractivity contribution in [2.45, 2.75) is 6.92 Å². The summed E-state index contributed by atoms with van der Waals surface area (Å²) in [5, 5.41) is 15.5. The van der Waals surface area contributed by atoms with Crippen LogP contribution in [0.1, 0.15) is 6.92 Å². The SMILES string of the molecule is CC(=O)OCO.NC(=O)OCO. The molecule has 7 nitrogen and oxygen atoms in total. The Balaban J connectivity index is 0. The summed E-state index contributed by atoms with van der Waals surface area (Å²) in [6, 6.07) is 0. The number of hydrogen-bond acceptors (Lipinski definition) is 6. The van der Waals surface area contributed by atoms with E-state index in [1.165, 1.54) is 6.92 Å². The number of esters is 1. The van der Waals surface area contributed by atoms with Crippen LogP contribution in [-0.2, 0) is 14.3 Å². The largest absolute Gasteiger partial charge is 0.439 e. The van der Waals surface area contributed by atoms with Gasteiger partial charge in [-0.1, -0.05) is 0 Å². The number of ether oxygens (including phenoxy) is 2. The highest BCUT2D eigenvalue weighted by Crippen LogP contribution is 1.67. The third-order valence-electron chi connectivity index (χ3n) is 0.475. The topological polar surface area (TPSA) is 119 Å². The maximum Gasteiger partial charge on any atom is 0.406 e. The number of aliphatic hydroxyl groups is 2. The standard InChI is InChI=1S/C3H6O3.C2H5NO3/c1-3(5)6-2-4;3-2(5)6-1-4/h4H,2H2,1H3;4H,1H2,(H2,3,5). The first kappa shape index (κ1) is 13.3. The van der Waals surface area contributed by atoms with Gasteiger partial charge in [0.15, 0.2) is 13.6 Å². The van der Waals surface area contributed by atoms with E-state index in [1.807, 2.05) is 0 Å². The number of hydrogen-bond donors (Lipinski definition) is 3. The number of amides is 1. The van der Waals surface area contributed by atoms with E-state index >= 15 is 0 Å². The summed E-state index contributed by atoms with van der Waals surface area (Å²) < 4.78 is 7.69. The van der Waals surface area contributed by atoms with Gasteiger partial charge in [0.05, 0.1) is 0 Å². The third kappa shape index (κ3) is 23.4. The molecule has 0 bridgehead atoms. The Morgan fingerprint density at radius 2 is 1.67 bits per heavy atom. The van der Waals surface area contributed by atoms with E-state index < -0.39 is 25.6 Å². The average molecular weight is 181 g/mol. The predicted octanol–water partition coefficient (Wildman–Crippen LogP) is -1.47. The van der Waals surface area contributed by atoms with Crippen LogP contribution in [0, 0.1) is 0 Å². The predicted molar refractivity (Wildman–Crippen MR) is 36.6 cm³/mol. The molecular formula is C5H11NO6. The van der Waals surface area contributed by atoms with Crippen LogP contribution < -0.4 is 5.73 Å². The fourth-order valence-corrected chi connectivity index (χ4v) is 0.155. The van der Waals surface area contributed by atoms with Gasteiger partial charge in [0.25, 0.3) is 0 Å². The molecule has 0 saturated carbocycles. The molecule has 12 heavy (non-hydrogen) atoms. The molecule has 0 atom stereocenters. The van der Waals surface area contributed by atoms with Crippen LogP contribution in [0.5, 0.6) is 0 Å². The van der Waals surface area contributed by atoms with E-state index in [0.29, 0.717) is 0 Å². The Labute approximate surface area is 68.7 Å². The third-order valence-corrected chi connectivity index (χ3v) is 0.475. The minimum absolute atomic E-state index is 0.461. The Hall–Kier alpha value is -1.34. The first-order valence-electron chi connectivity index (χ1n) is 2.81. The molecule has 0 saturated heterocycles. The highest BCUT2D eigenvalue weighted by Gasteiger charge is 1.83. The van der Waals surface area contributed by atoms with Crippen LogP contribution in [0.25, 0.3) is 0 Å². The number of carbonyl (C=O) groups excluding carboxylic acids is 2. The maximum atomic E-state index is 9.66. The minimum atomic E-state index is -0.961. The van der Waals surface area contributed by atoms with E-state index in [0.717, 1.165) is 0 Å². The second kappa shape index (κ2) is 9.66. The van der Waals surface area contributed by atoms with Gasteiger partial charge in [-0.3, -0.25) is 4.79 Å². The molecule has 0 aromatic rings. The van der Waals surface area contributed by atoms with E-state index in [4.69, 9.17) is 10.2 Å². The molecule has 0 rings (SSSR count). The smallest absolute Gasteiger partial charge is 0.406 e. The lowest BCUT2D eigenvalue weighted by atomic mass is 10.8. The molecule has 1 amide bonds. The van der Waals surface area contributed by atoms with Gasteiger partial charge >= 0.3 is 12.1 Å². The van der Waals surface area contributed by atoms with Crippen LogP contribution in [0.4, 0.5) is 4.79 Å². The normalized spacial score (nSPS) is 7.58. The Morgan fingerprint density at radius 1 is 1.25 bits per heavy atom. The van der Waals surface area contributed by atoms with Gasteiger partial charge < -0.3 is 25.4 Å². The highest BCUT2D eigenvalue weighted by molar-refractivity contribution is 5.65. The molecular weight excluding hydrogens is 170 g/mol. The van der Waals surface area contributed by atoms with E-state index in [2.05, 4.69) is 15.2 Å². The van der Waals surface area contributed by atoms with E-state index in [9.17, 15) is 9.59 Å². The summed E-state index contributed by atoms with van der Waals surface area (Å²) in [4.78, 5) is 19.1. The summed E-state index contributed by atoms with van der Waals surface area (Å²) in [7, 11) is 0. The Bertz CT molecular complexity index is 120. The molecule has 0 aliphatic heterocycles. The van der Waals surface area contributed by atoms with Gasteiger partial charge in [-0.2, -0.15) is 0 Å². The van der Waals surface area contributed by atoms with Gasteiger partial charge in [-0.15, -0.1) is 0 Å². The molecule has 4 N–H and O–H groups in total. The van der Waals surface area contributed by atoms with Crippen molar-refractivity contribution in [1.29, 1.82) is 0 Å². The van der Waals surface area contributed by atoms with Crippen molar-refractivity contribution in [3.05, 3.63) is 0 Å². The zero-order chi connectivity index (χ0) is 9.98. The van der Waals surface area contributed by atoms with Crippen LogP contribution in [0.2, 0.25) is 0 Å². The zero-order valence-electron chi connectivity index (χ0n) is 6.52. The molecule has 0 aliphatic carbocycles. The first-order chi connectivity index (χ1) is 5.54. The molecule has 0 aromatic carbocycles. The lowest BCUT2D eigenvalue weighted by Crippen LogP contribution is -2.12. The molecule has 0 heterocycles. The average Bonchev–Trinajstić information content (AvgIpc) is 1.87. The van der Waals surface area contributed by atoms with Crippen molar-refractivity contribution in [3.8, 4) is 0 Å². The van der Waals surface area contributed by atoms with Gasteiger partial charge in [-0.05, 0) is 0 Å². The Kier molecular flexibility index (Phi) is 10.7. The van der Waals surface area contributed by atoms with Crippen molar-refractivity contribution in [2.75, 3.05) is 13.6 Å². The molecule has 0 spiro atoms. The molecule has 0 aromatic heterocycles. The van der Waals surface area contributed by atoms with Crippen molar-refractivity contribution < 1.29 is 29.3 Å². The Morgan fingerprint density at radius 3 is 1.67 bits per heavy atom. The van der Waals surface area contributed by atoms with Gasteiger partial charge in [0.1, 0.15) is 0 Å². The molecule has 0 unspecified atom stereocenters. The minimum Gasteiger partial charge on any atom is -0.439 e.